The molecule has 6 rings (SSSR count). The average molecular weight is 582 g/mol. The third-order valence-corrected chi connectivity index (χ3v) is 10.2. The van der Waals surface area contributed by atoms with Crippen LogP contribution in [0, 0.1) is 11.3 Å². The number of benzene rings is 2. The summed E-state index contributed by atoms with van der Waals surface area (Å²) >= 11 is 1.44. The molecule has 2 aromatic carbocycles. The van der Waals surface area contributed by atoms with Gasteiger partial charge in [-0.2, -0.15) is 15.5 Å². The monoisotopic (exact) mass is 581 g/mol. The molecule has 6 aromatic rings. The number of nitrogens with zero attached hydrogens (tertiary/aromatic N) is 7. The maximum absolute atomic E-state index is 13.7. The second-order valence-corrected chi connectivity index (χ2v) is 18.1. The van der Waals surface area contributed by atoms with Crippen LogP contribution in [0.5, 0.6) is 0 Å². The van der Waals surface area contributed by atoms with Crippen LogP contribution in [-0.2, 0) is 25.1 Å². The van der Waals surface area contributed by atoms with Gasteiger partial charge in [0, 0.05) is 32.5 Å². The summed E-state index contributed by atoms with van der Waals surface area (Å²) in [6.07, 6.45) is 3.57. The van der Waals surface area contributed by atoms with Crippen molar-refractivity contribution in [2.24, 2.45) is 7.05 Å². The molecular formula is C30H31N7O2SSi. The Labute approximate surface area is 242 Å². The molecule has 0 saturated carbocycles. The van der Waals surface area contributed by atoms with Gasteiger partial charge in [0.15, 0.2) is 5.65 Å². The highest BCUT2D eigenvalue weighted by molar-refractivity contribution is 7.19. The number of hydrogen-bond donors (Lipinski definition) is 0. The van der Waals surface area contributed by atoms with E-state index >= 15 is 0 Å². The molecule has 0 bridgehead atoms. The molecule has 0 spiro atoms. The number of aryl methyl sites for hydroxylation is 1. The first kappa shape index (κ1) is 27.1. The Morgan fingerprint density at radius 2 is 1.78 bits per heavy atom. The number of aromatic nitrogens is 6. The lowest BCUT2D eigenvalue weighted by Crippen LogP contribution is -2.24. The SMILES string of the molecule is Cn1c2nc(C(C#N)c3ccccc3)sc2c2cnn(Cc3cccc4c3cnn4COCC[Si](C)(C)C)c(=O)c21. The van der Waals surface area contributed by atoms with Gasteiger partial charge in [0.05, 0.1) is 35.2 Å². The zero-order valence-corrected chi connectivity index (χ0v) is 25.4. The normalized spacial score (nSPS) is 12.9. The van der Waals surface area contributed by atoms with E-state index in [9.17, 15) is 10.1 Å². The molecular weight excluding hydrogens is 551 g/mol. The molecule has 1 unspecified atom stereocenters. The Morgan fingerprint density at radius 1 is 1.02 bits per heavy atom. The molecule has 0 aliphatic heterocycles. The van der Waals surface area contributed by atoms with Crippen LogP contribution in [0.1, 0.15) is 22.1 Å². The molecule has 0 amide bonds. The van der Waals surface area contributed by atoms with Crippen molar-refractivity contribution < 1.29 is 4.74 Å². The molecule has 0 fully saturated rings. The molecule has 9 nitrogen and oxygen atoms in total. The van der Waals surface area contributed by atoms with Crippen molar-refractivity contribution >= 4 is 51.6 Å². The largest absolute Gasteiger partial charge is 0.360 e. The van der Waals surface area contributed by atoms with E-state index in [-0.39, 0.29) is 5.56 Å². The lowest BCUT2D eigenvalue weighted by Gasteiger charge is -2.15. The van der Waals surface area contributed by atoms with Gasteiger partial charge < -0.3 is 9.30 Å². The van der Waals surface area contributed by atoms with Crippen LogP contribution < -0.4 is 5.56 Å². The molecule has 41 heavy (non-hydrogen) atoms. The van der Waals surface area contributed by atoms with Crippen LogP contribution in [0.2, 0.25) is 25.7 Å². The van der Waals surface area contributed by atoms with Crippen LogP contribution in [0.3, 0.4) is 0 Å². The van der Waals surface area contributed by atoms with E-state index in [0.717, 1.165) is 44.8 Å². The summed E-state index contributed by atoms with van der Waals surface area (Å²) in [5.74, 6) is -0.468. The van der Waals surface area contributed by atoms with Gasteiger partial charge in [0.25, 0.3) is 5.56 Å². The highest BCUT2D eigenvalue weighted by Gasteiger charge is 2.23. The van der Waals surface area contributed by atoms with Crippen molar-refractivity contribution in [1.29, 1.82) is 5.26 Å². The van der Waals surface area contributed by atoms with Crippen molar-refractivity contribution in [3.8, 4) is 6.07 Å². The topological polar surface area (TPSA) is 104 Å². The lowest BCUT2D eigenvalue weighted by molar-refractivity contribution is 0.0817. The molecule has 208 valence electrons. The summed E-state index contributed by atoms with van der Waals surface area (Å²) in [5, 5.41) is 21.4. The van der Waals surface area contributed by atoms with E-state index in [2.05, 4.69) is 35.9 Å². The van der Waals surface area contributed by atoms with Crippen molar-refractivity contribution in [3.05, 3.63) is 87.4 Å². The Morgan fingerprint density at radius 3 is 2.54 bits per heavy atom. The highest BCUT2D eigenvalue weighted by atomic mass is 32.1. The maximum atomic E-state index is 13.7. The molecule has 0 saturated heterocycles. The molecule has 11 heteroatoms. The zero-order chi connectivity index (χ0) is 28.7. The van der Waals surface area contributed by atoms with Gasteiger partial charge in [-0.05, 0) is 23.2 Å². The maximum Gasteiger partial charge on any atom is 0.291 e. The van der Waals surface area contributed by atoms with Gasteiger partial charge in [-0.1, -0.05) is 62.1 Å². The number of ether oxygens (including phenoxy) is 1. The Kier molecular flexibility index (Phi) is 7.07. The van der Waals surface area contributed by atoms with E-state index in [4.69, 9.17) is 9.72 Å². The van der Waals surface area contributed by atoms with Gasteiger partial charge in [0.1, 0.15) is 23.2 Å². The highest BCUT2D eigenvalue weighted by Crippen LogP contribution is 2.36. The second-order valence-electron chi connectivity index (χ2n) is 11.4. The van der Waals surface area contributed by atoms with E-state index in [1.807, 2.05) is 71.0 Å². The summed E-state index contributed by atoms with van der Waals surface area (Å²) < 4.78 is 12.0. The fourth-order valence-electron chi connectivity index (χ4n) is 5.05. The Hall–Kier alpha value is -4.11. The van der Waals surface area contributed by atoms with Crippen molar-refractivity contribution in [3.63, 3.8) is 0 Å². The summed E-state index contributed by atoms with van der Waals surface area (Å²) in [6, 6.07) is 19.1. The van der Waals surface area contributed by atoms with E-state index < -0.39 is 14.0 Å². The van der Waals surface area contributed by atoms with Gasteiger partial charge in [-0.15, -0.1) is 11.3 Å². The average Bonchev–Trinajstić information content (AvgIpc) is 3.64. The quantitative estimate of drug-likeness (QED) is 0.160. The molecule has 0 aliphatic carbocycles. The van der Waals surface area contributed by atoms with E-state index in [1.165, 1.54) is 16.0 Å². The number of rotatable bonds is 9. The fraction of sp³-hybridized carbons (Fsp3) is 0.300. The summed E-state index contributed by atoms with van der Waals surface area (Å²) in [5.41, 5.74) is 3.87. The van der Waals surface area contributed by atoms with Crippen LogP contribution in [0.15, 0.2) is 65.7 Å². The zero-order valence-electron chi connectivity index (χ0n) is 23.5. The van der Waals surface area contributed by atoms with Gasteiger partial charge in [-0.3, -0.25) is 4.79 Å². The standard InChI is InChI=1S/C30H31N7O2SSi/c1-35-26-24(27-28(35)34-29(40-27)22(15-31)20-9-6-5-7-10-20)17-32-36(30(26)38)18-21-11-8-12-25-23(21)16-33-37(25)19-39-13-14-41(2,3)4/h5-12,16-17,22H,13-14,18-19H2,1-4H3. The van der Waals surface area contributed by atoms with Crippen molar-refractivity contribution in [2.45, 2.75) is 44.9 Å². The molecule has 0 radical (unpaired) electrons. The molecule has 4 heterocycles. The van der Waals surface area contributed by atoms with Gasteiger partial charge in [0.2, 0.25) is 0 Å². The lowest BCUT2D eigenvalue weighted by atomic mass is 10.0. The minimum Gasteiger partial charge on any atom is -0.360 e. The molecule has 0 aliphatic rings. The molecule has 0 N–H and O–H groups in total. The van der Waals surface area contributed by atoms with E-state index in [0.29, 0.717) is 29.4 Å². The third kappa shape index (κ3) is 5.10. The predicted molar refractivity (Wildman–Crippen MR) is 165 cm³/mol. The first-order chi connectivity index (χ1) is 19.7. The second kappa shape index (κ2) is 10.7. The minimum absolute atomic E-state index is 0.185. The van der Waals surface area contributed by atoms with Crippen molar-refractivity contribution in [1.82, 2.24) is 29.1 Å². The molecule has 1 atom stereocenters. The number of nitriles is 1. The van der Waals surface area contributed by atoms with Crippen LogP contribution >= 0.6 is 11.3 Å². The smallest absolute Gasteiger partial charge is 0.291 e. The van der Waals surface area contributed by atoms with Crippen LogP contribution in [0.4, 0.5) is 0 Å². The van der Waals surface area contributed by atoms with Gasteiger partial charge in [-0.25, -0.2) is 14.3 Å². The first-order valence-electron chi connectivity index (χ1n) is 13.6. The van der Waals surface area contributed by atoms with Crippen molar-refractivity contribution in [2.75, 3.05) is 6.61 Å². The molecule has 4 aromatic heterocycles. The van der Waals surface area contributed by atoms with Crippen LogP contribution in [-0.4, -0.2) is 43.8 Å². The number of thiazole rings is 1. The summed E-state index contributed by atoms with van der Waals surface area (Å²) in [6.45, 7) is 8.44. The minimum atomic E-state index is -1.16. The predicted octanol–water partition coefficient (Wildman–Crippen LogP) is 5.71. The Balaban J connectivity index is 1.30. The number of fused-ring (bicyclic) bond motifs is 4. The van der Waals surface area contributed by atoms with E-state index in [1.54, 1.807) is 6.20 Å². The Bertz CT molecular complexity index is 1980. The summed E-state index contributed by atoms with van der Waals surface area (Å²) in [4.78, 5) is 18.5. The fourth-order valence-corrected chi connectivity index (χ4v) is 6.99. The summed E-state index contributed by atoms with van der Waals surface area (Å²) in [7, 11) is 0.687. The van der Waals surface area contributed by atoms with Crippen LogP contribution in [0.25, 0.3) is 32.2 Å². The van der Waals surface area contributed by atoms with Gasteiger partial charge >= 0.3 is 0 Å². The third-order valence-electron chi connectivity index (χ3n) is 7.36. The number of hydrogen-bond acceptors (Lipinski definition) is 7. The first-order valence-corrected chi connectivity index (χ1v) is 18.1.